The standard InChI is InChI=1S/C20H28/c1-14-12-13-19(2,3)18(20(14,4)5)17-11-10-15-8-6-7-9-16(15)17/h6-9,12,17-18H,10-11,13H2,1-5H3. The Morgan fingerprint density at radius 2 is 1.75 bits per heavy atom. The molecule has 0 N–H and O–H groups in total. The van der Waals surface area contributed by atoms with E-state index in [2.05, 4.69) is 65.0 Å². The minimum atomic E-state index is 0.309. The minimum Gasteiger partial charge on any atom is -0.0845 e. The van der Waals surface area contributed by atoms with Crippen molar-refractivity contribution in [2.75, 3.05) is 0 Å². The summed E-state index contributed by atoms with van der Waals surface area (Å²) in [6, 6.07) is 9.14. The molecule has 20 heavy (non-hydrogen) atoms. The number of fused-ring (bicyclic) bond motifs is 1. The summed E-state index contributed by atoms with van der Waals surface area (Å²) in [4.78, 5) is 0. The average Bonchev–Trinajstić information content (AvgIpc) is 2.78. The number of allylic oxidation sites excluding steroid dienone is 2. The van der Waals surface area contributed by atoms with Gasteiger partial charge in [0.05, 0.1) is 0 Å². The molecule has 2 aliphatic carbocycles. The van der Waals surface area contributed by atoms with Gasteiger partial charge in [-0.25, -0.2) is 0 Å². The average molecular weight is 268 g/mol. The highest BCUT2D eigenvalue weighted by Gasteiger charge is 2.49. The second kappa shape index (κ2) is 4.48. The lowest BCUT2D eigenvalue weighted by molar-refractivity contribution is 0.0594. The van der Waals surface area contributed by atoms with Gasteiger partial charge < -0.3 is 0 Å². The van der Waals surface area contributed by atoms with Crippen molar-refractivity contribution in [2.24, 2.45) is 16.7 Å². The predicted octanol–water partition coefficient (Wildman–Crippen LogP) is 5.74. The summed E-state index contributed by atoms with van der Waals surface area (Å²) in [5.41, 5.74) is 5.52. The van der Waals surface area contributed by atoms with E-state index < -0.39 is 0 Å². The molecule has 2 aliphatic rings. The van der Waals surface area contributed by atoms with Crippen LogP contribution in [-0.2, 0) is 6.42 Å². The fourth-order valence-electron chi connectivity index (χ4n) is 5.01. The molecule has 1 aromatic carbocycles. The van der Waals surface area contributed by atoms with Crippen LogP contribution < -0.4 is 0 Å². The van der Waals surface area contributed by atoms with Crippen molar-refractivity contribution in [1.29, 1.82) is 0 Å². The Labute approximate surface area is 124 Å². The molecule has 2 atom stereocenters. The highest BCUT2D eigenvalue weighted by atomic mass is 14.5. The lowest BCUT2D eigenvalue weighted by atomic mass is 9.53. The van der Waals surface area contributed by atoms with Gasteiger partial charge in [-0.05, 0) is 60.0 Å². The van der Waals surface area contributed by atoms with Gasteiger partial charge in [0, 0.05) is 0 Å². The van der Waals surface area contributed by atoms with Crippen molar-refractivity contribution in [2.45, 2.75) is 59.8 Å². The van der Waals surface area contributed by atoms with E-state index in [1.807, 2.05) is 0 Å². The van der Waals surface area contributed by atoms with E-state index in [-0.39, 0.29) is 0 Å². The zero-order chi connectivity index (χ0) is 14.5. The van der Waals surface area contributed by atoms with E-state index in [0.29, 0.717) is 10.8 Å². The van der Waals surface area contributed by atoms with Gasteiger partial charge in [0.1, 0.15) is 0 Å². The zero-order valence-electron chi connectivity index (χ0n) is 13.7. The van der Waals surface area contributed by atoms with Crippen LogP contribution in [0.2, 0.25) is 0 Å². The Morgan fingerprint density at radius 1 is 1.05 bits per heavy atom. The maximum atomic E-state index is 2.48. The first kappa shape index (κ1) is 13.9. The van der Waals surface area contributed by atoms with Gasteiger partial charge in [-0.3, -0.25) is 0 Å². The molecule has 0 heterocycles. The summed E-state index contributed by atoms with van der Waals surface area (Å²) < 4.78 is 0. The van der Waals surface area contributed by atoms with Gasteiger partial charge >= 0.3 is 0 Å². The summed E-state index contributed by atoms with van der Waals surface area (Å²) in [6.45, 7) is 12.2. The fraction of sp³-hybridized carbons (Fsp3) is 0.600. The molecule has 0 nitrogen and oxygen atoms in total. The molecule has 0 aliphatic heterocycles. The number of hydrogen-bond donors (Lipinski definition) is 0. The van der Waals surface area contributed by atoms with Gasteiger partial charge in [-0.2, -0.15) is 0 Å². The normalized spacial score (nSPS) is 30.8. The van der Waals surface area contributed by atoms with E-state index in [4.69, 9.17) is 0 Å². The van der Waals surface area contributed by atoms with Gasteiger partial charge in [0.2, 0.25) is 0 Å². The zero-order valence-corrected chi connectivity index (χ0v) is 13.7. The van der Waals surface area contributed by atoms with E-state index in [9.17, 15) is 0 Å². The van der Waals surface area contributed by atoms with E-state index in [0.717, 1.165) is 11.8 Å². The van der Waals surface area contributed by atoms with E-state index >= 15 is 0 Å². The predicted molar refractivity (Wildman–Crippen MR) is 86.9 cm³/mol. The lowest BCUT2D eigenvalue weighted by Gasteiger charge is -2.52. The molecule has 0 fully saturated rings. The van der Waals surface area contributed by atoms with Gasteiger partial charge in [0.25, 0.3) is 0 Å². The maximum Gasteiger partial charge on any atom is -0.0108 e. The second-order valence-corrected chi connectivity index (χ2v) is 8.12. The molecule has 0 amide bonds. The third kappa shape index (κ3) is 1.96. The van der Waals surface area contributed by atoms with Crippen LogP contribution in [0.5, 0.6) is 0 Å². The van der Waals surface area contributed by atoms with Crippen LogP contribution in [0.3, 0.4) is 0 Å². The van der Waals surface area contributed by atoms with Crippen molar-refractivity contribution in [3.05, 3.63) is 47.0 Å². The Bertz CT molecular complexity index is 545. The van der Waals surface area contributed by atoms with E-state index in [1.54, 1.807) is 16.7 Å². The molecule has 0 bridgehead atoms. The summed E-state index contributed by atoms with van der Waals surface area (Å²) in [5.74, 6) is 1.48. The molecule has 0 heteroatoms. The fourth-order valence-corrected chi connectivity index (χ4v) is 5.01. The molecule has 0 aromatic heterocycles. The molecule has 108 valence electrons. The Morgan fingerprint density at radius 3 is 2.50 bits per heavy atom. The first-order valence-corrected chi connectivity index (χ1v) is 8.09. The first-order valence-electron chi connectivity index (χ1n) is 8.09. The Kier molecular flexibility index (Phi) is 3.12. The number of rotatable bonds is 1. The number of aryl methyl sites for hydroxylation is 1. The minimum absolute atomic E-state index is 0.309. The molecule has 0 spiro atoms. The van der Waals surface area contributed by atoms with Crippen molar-refractivity contribution in [1.82, 2.24) is 0 Å². The SMILES string of the molecule is CC1=CCC(C)(C)C(C2CCc3ccccc32)C1(C)C. The van der Waals surface area contributed by atoms with Crippen LogP contribution in [0.25, 0.3) is 0 Å². The highest BCUT2D eigenvalue weighted by Crippen LogP contribution is 2.59. The molecule has 0 saturated carbocycles. The topological polar surface area (TPSA) is 0 Å². The first-order chi connectivity index (χ1) is 9.34. The number of benzene rings is 1. The van der Waals surface area contributed by atoms with Crippen LogP contribution in [0, 0.1) is 16.7 Å². The number of hydrogen-bond acceptors (Lipinski definition) is 0. The quantitative estimate of drug-likeness (QED) is 0.570. The van der Waals surface area contributed by atoms with Crippen LogP contribution in [0.4, 0.5) is 0 Å². The largest absolute Gasteiger partial charge is 0.0845 e. The Balaban J connectivity index is 2.07. The molecular weight excluding hydrogens is 240 g/mol. The maximum absolute atomic E-state index is 2.48. The summed E-state index contributed by atoms with van der Waals surface area (Å²) in [6.07, 6.45) is 6.32. The smallest absolute Gasteiger partial charge is 0.0108 e. The molecule has 0 radical (unpaired) electrons. The summed E-state index contributed by atoms with van der Waals surface area (Å²) in [7, 11) is 0. The van der Waals surface area contributed by atoms with Crippen LogP contribution in [0.1, 0.15) is 64.5 Å². The van der Waals surface area contributed by atoms with Crippen LogP contribution in [-0.4, -0.2) is 0 Å². The molecule has 0 saturated heterocycles. The van der Waals surface area contributed by atoms with Gasteiger partial charge in [-0.1, -0.05) is 63.6 Å². The monoisotopic (exact) mass is 268 g/mol. The highest BCUT2D eigenvalue weighted by molar-refractivity contribution is 5.37. The molecule has 3 rings (SSSR count). The van der Waals surface area contributed by atoms with Gasteiger partial charge in [-0.15, -0.1) is 0 Å². The summed E-state index contributed by atoms with van der Waals surface area (Å²) >= 11 is 0. The summed E-state index contributed by atoms with van der Waals surface area (Å²) in [5, 5.41) is 0. The molecular formula is C20H28. The Hall–Kier alpha value is -1.04. The van der Waals surface area contributed by atoms with Crippen molar-refractivity contribution < 1.29 is 0 Å². The van der Waals surface area contributed by atoms with Crippen molar-refractivity contribution in [3.63, 3.8) is 0 Å². The lowest BCUT2D eigenvalue weighted by Crippen LogP contribution is -2.43. The van der Waals surface area contributed by atoms with Crippen molar-refractivity contribution >= 4 is 0 Å². The third-order valence-electron chi connectivity index (χ3n) is 6.15. The third-order valence-corrected chi connectivity index (χ3v) is 6.15. The second-order valence-electron chi connectivity index (χ2n) is 8.12. The molecule has 2 unspecified atom stereocenters. The van der Waals surface area contributed by atoms with Crippen LogP contribution in [0.15, 0.2) is 35.9 Å². The van der Waals surface area contributed by atoms with Crippen LogP contribution >= 0.6 is 0 Å². The van der Waals surface area contributed by atoms with Crippen molar-refractivity contribution in [3.8, 4) is 0 Å². The van der Waals surface area contributed by atoms with Gasteiger partial charge in [0.15, 0.2) is 0 Å². The van der Waals surface area contributed by atoms with E-state index in [1.165, 1.54) is 19.3 Å². The molecule has 1 aromatic rings.